The SMILES string of the molecule is CC(CCO)NCC1Cc2cc(Br)ccc2O1. The predicted molar refractivity (Wildman–Crippen MR) is 71.4 cm³/mol. The minimum Gasteiger partial charge on any atom is -0.488 e. The third-order valence-corrected chi connectivity index (χ3v) is 3.51. The maximum atomic E-state index is 8.82. The maximum Gasteiger partial charge on any atom is 0.123 e. The van der Waals surface area contributed by atoms with Gasteiger partial charge >= 0.3 is 0 Å². The third-order valence-electron chi connectivity index (χ3n) is 3.02. The summed E-state index contributed by atoms with van der Waals surface area (Å²) in [5.74, 6) is 0.995. The second-order valence-electron chi connectivity index (χ2n) is 4.52. The minimum absolute atomic E-state index is 0.209. The first-order valence-corrected chi connectivity index (χ1v) is 6.77. The molecule has 0 saturated carbocycles. The summed E-state index contributed by atoms with van der Waals surface area (Å²) in [6.07, 6.45) is 1.94. The molecule has 1 aromatic rings. The molecule has 1 aliphatic rings. The average Bonchev–Trinajstić information content (AvgIpc) is 2.68. The van der Waals surface area contributed by atoms with E-state index in [2.05, 4.69) is 34.2 Å². The van der Waals surface area contributed by atoms with E-state index in [1.165, 1.54) is 5.56 Å². The van der Waals surface area contributed by atoms with Gasteiger partial charge in [-0.25, -0.2) is 0 Å². The zero-order chi connectivity index (χ0) is 12.3. The van der Waals surface area contributed by atoms with Gasteiger partial charge in [0.2, 0.25) is 0 Å². The minimum atomic E-state index is 0.209. The summed E-state index contributed by atoms with van der Waals surface area (Å²) < 4.78 is 6.94. The van der Waals surface area contributed by atoms with Crippen molar-refractivity contribution in [2.24, 2.45) is 0 Å². The van der Waals surface area contributed by atoms with Gasteiger partial charge in [-0.15, -0.1) is 0 Å². The Hall–Kier alpha value is -0.580. The highest BCUT2D eigenvalue weighted by Crippen LogP contribution is 2.30. The van der Waals surface area contributed by atoms with Gasteiger partial charge in [-0.3, -0.25) is 0 Å². The first-order valence-electron chi connectivity index (χ1n) is 5.98. The number of aliphatic hydroxyl groups is 1. The summed E-state index contributed by atoms with van der Waals surface area (Å²) in [5, 5.41) is 12.2. The number of fused-ring (bicyclic) bond motifs is 1. The number of ether oxygens (including phenoxy) is 1. The highest BCUT2D eigenvalue weighted by molar-refractivity contribution is 9.10. The predicted octanol–water partition coefficient (Wildman–Crippen LogP) is 2.11. The van der Waals surface area contributed by atoms with Crippen molar-refractivity contribution in [3.05, 3.63) is 28.2 Å². The van der Waals surface area contributed by atoms with Gasteiger partial charge in [0.15, 0.2) is 0 Å². The molecule has 0 radical (unpaired) electrons. The van der Waals surface area contributed by atoms with E-state index in [1.54, 1.807) is 0 Å². The molecule has 2 N–H and O–H groups in total. The van der Waals surface area contributed by atoms with Gasteiger partial charge in [-0.1, -0.05) is 15.9 Å². The molecule has 0 aromatic heterocycles. The molecule has 1 aromatic carbocycles. The topological polar surface area (TPSA) is 41.5 Å². The molecular weight excluding hydrogens is 282 g/mol. The molecule has 1 aliphatic heterocycles. The molecule has 0 spiro atoms. The molecule has 94 valence electrons. The molecule has 0 bridgehead atoms. The van der Waals surface area contributed by atoms with Crippen LogP contribution in [0.2, 0.25) is 0 Å². The molecular formula is C13H18BrNO2. The Morgan fingerprint density at radius 2 is 2.41 bits per heavy atom. The van der Waals surface area contributed by atoms with Crippen LogP contribution in [0.25, 0.3) is 0 Å². The van der Waals surface area contributed by atoms with E-state index >= 15 is 0 Å². The number of halogens is 1. The Labute approximate surface area is 110 Å². The number of hydrogen-bond acceptors (Lipinski definition) is 3. The van der Waals surface area contributed by atoms with Crippen LogP contribution in [0, 0.1) is 0 Å². The second-order valence-corrected chi connectivity index (χ2v) is 5.43. The molecule has 2 unspecified atom stereocenters. The summed E-state index contributed by atoms with van der Waals surface area (Å²) in [5.41, 5.74) is 1.26. The van der Waals surface area contributed by atoms with Gasteiger partial charge in [-0.2, -0.15) is 0 Å². The molecule has 0 aliphatic carbocycles. The van der Waals surface area contributed by atoms with Crippen molar-refractivity contribution in [2.75, 3.05) is 13.2 Å². The number of rotatable bonds is 5. The fourth-order valence-corrected chi connectivity index (χ4v) is 2.44. The molecule has 1 heterocycles. The highest BCUT2D eigenvalue weighted by atomic mass is 79.9. The molecule has 3 nitrogen and oxygen atoms in total. The fourth-order valence-electron chi connectivity index (χ4n) is 2.03. The van der Waals surface area contributed by atoms with Crippen LogP contribution in [-0.2, 0) is 6.42 Å². The first-order chi connectivity index (χ1) is 8.19. The van der Waals surface area contributed by atoms with Gasteiger partial charge in [0.1, 0.15) is 11.9 Å². The first kappa shape index (κ1) is 12.9. The second kappa shape index (κ2) is 5.85. The number of hydrogen-bond donors (Lipinski definition) is 2. The molecule has 17 heavy (non-hydrogen) atoms. The summed E-state index contributed by atoms with van der Waals surface area (Å²) in [7, 11) is 0. The average molecular weight is 300 g/mol. The summed E-state index contributed by atoms with van der Waals surface area (Å²) in [4.78, 5) is 0. The van der Waals surface area contributed by atoms with E-state index < -0.39 is 0 Å². The smallest absolute Gasteiger partial charge is 0.123 e. The van der Waals surface area contributed by atoms with Gasteiger partial charge in [0.25, 0.3) is 0 Å². The lowest BCUT2D eigenvalue weighted by atomic mass is 10.1. The fraction of sp³-hybridized carbons (Fsp3) is 0.538. The Kier molecular flexibility index (Phi) is 4.42. The molecule has 4 heteroatoms. The summed E-state index contributed by atoms with van der Waals surface area (Å²) >= 11 is 3.47. The van der Waals surface area contributed by atoms with E-state index in [0.717, 1.165) is 29.6 Å². The van der Waals surface area contributed by atoms with Crippen LogP contribution in [0.1, 0.15) is 18.9 Å². The van der Waals surface area contributed by atoms with Crippen molar-refractivity contribution >= 4 is 15.9 Å². The van der Waals surface area contributed by atoms with Crippen LogP contribution in [0.15, 0.2) is 22.7 Å². The quantitative estimate of drug-likeness (QED) is 0.875. The number of nitrogens with one attached hydrogen (secondary N) is 1. The Balaban J connectivity index is 1.84. The van der Waals surface area contributed by atoms with Gasteiger partial charge in [0.05, 0.1) is 0 Å². The van der Waals surface area contributed by atoms with E-state index in [0.29, 0.717) is 6.04 Å². The number of benzene rings is 1. The van der Waals surface area contributed by atoms with E-state index in [1.807, 2.05) is 12.1 Å². The molecule has 2 atom stereocenters. The van der Waals surface area contributed by atoms with Crippen LogP contribution in [0.3, 0.4) is 0 Å². The van der Waals surface area contributed by atoms with E-state index in [-0.39, 0.29) is 12.7 Å². The number of aliphatic hydroxyl groups excluding tert-OH is 1. The van der Waals surface area contributed by atoms with Crippen molar-refractivity contribution in [1.29, 1.82) is 0 Å². The van der Waals surface area contributed by atoms with Crippen molar-refractivity contribution in [3.63, 3.8) is 0 Å². The van der Waals surface area contributed by atoms with Crippen LogP contribution >= 0.6 is 15.9 Å². The standard InChI is InChI=1S/C13H18BrNO2/c1-9(4-5-16)15-8-12-7-10-6-11(14)2-3-13(10)17-12/h2-3,6,9,12,15-16H,4-5,7-8H2,1H3. The normalized spacial score (nSPS) is 19.8. The lowest BCUT2D eigenvalue weighted by Gasteiger charge is -2.16. The highest BCUT2D eigenvalue weighted by Gasteiger charge is 2.22. The largest absolute Gasteiger partial charge is 0.488 e. The zero-order valence-electron chi connectivity index (χ0n) is 9.95. The van der Waals surface area contributed by atoms with Gasteiger partial charge in [-0.05, 0) is 37.1 Å². The Morgan fingerprint density at radius 1 is 1.59 bits per heavy atom. The lowest BCUT2D eigenvalue weighted by Crippen LogP contribution is -2.36. The van der Waals surface area contributed by atoms with Crippen LogP contribution in [0.4, 0.5) is 0 Å². The monoisotopic (exact) mass is 299 g/mol. The van der Waals surface area contributed by atoms with Crippen LogP contribution < -0.4 is 10.1 Å². The van der Waals surface area contributed by atoms with Crippen molar-refractivity contribution in [2.45, 2.75) is 31.9 Å². The molecule has 0 amide bonds. The van der Waals surface area contributed by atoms with Crippen molar-refractivity contribution in [1.82, 2.24) is 5.32 Å². The zero-order valence-corrected chi connectivity index (χ0v) is 11.5. The summed E-state index contributed by atoms with van der Waals surface area (Å²) in [6, 6.07) is 6.46. The molecule has 2 rings (SSSR count). The van der Waals surface area contributed by atoms with E-state index in [4.69, 9.17) is 9.84 Å². The van der Waals surface area contributed by atoms with Gasteiger partial charge < -0.3 is 15.2 Å². The van der Waals surface area contributed by atoms with Crippen molar-refractivity contribution < 1.29 is 9.84 Å². The molecule has 0 fully saturated rings. The Bertz CT molecular complexity index is 384. The van der Waals surface area contributed by atoms with Gasteiger partial charge in [0, 0.05) is 30.1 Å². The van der Waals surface area contributed by atoms with Crippen molar-refractivity contribution in [3.8, 4) is 5.75 Å². The Morgan fingerprint density at radius 3 is 3.18 bits per heavy atom. The lowest BCUT2D eigenvalue weighted by molar-refractivity contribution is 0.213. The van der Waals surface area contributed by atoms with Crippen LogP contribution in [-0.4, -0.2) is 30.4 Å². The maximum absolute atomic E-state index is 8.82. The van der Waals surface area contributed by atoms with E-state index in [9.17, 15) is 0 Å². The third kappa shape index (κ3) is 3.44. The molecule has 0 saturated heterocycles. The van der Waals surface area contributed by atoms with Crippen LogP contribution in [0.5, 0.6) is 5.75 Å². The summed E-state index contributed by atoms with van der Waals surface area (Å²) in [6.45, 7) is 3.13.